The molecule has 0 fully saturated rings. The number of guanidine groups is 1. The van der Waals surface area contributed by atoms with Crippen LogP contribution < -0.4 is 16.0 Å². The highest BCUT2D eigenvalue weighted by atomic mass is 127. The third-order valence-electron chi connectivity index (χ3n) is 3.35. The molecule has 0 aliphatic heterocycles. The molecule has 27 heavy (non-hydrogen) atoms. The van der Waals surface area contributed by atoms with Crippen LogP contribution in [-0.4, -0.2) is 31.5 Å². The highest BCUT2D eigenvalue weighted by Crippen LogP contribution is 2.32. The van der Waals surface area contributed by atoms with Crippen LogP contribution in [0.3, 0.4) is 0 Å². The monoisotopic (exact) mass is 504 g/mol. The van der Waals surface area contributed by atoms with Gasteiger partial charge in [-0.05, 0) is 31.0 Å². The van der Waals surface area contributed by atoms with Crippen molar-refractivity contribution in [1.82, 2.24) is 16.0 Å². The number of carbonyl (C=O) groups excluding carboxylic acids is 1. The molecular formula is C17H25F4IN4O. The normalized spacial score (nSPS) is 11.6. The molecule has 10 heteroatoms. The molecule has 3 N–H and O–H groups in total. The summed E-state index contributed by atoms with van der Waals surface area (Å²) in [5, 5.41) is 8.51. The third-order valence-corrected chi connectivity index (χ3v) is 3.35. The summed E-state index contributed by atoms with van der Waals surface area (Å²) in [6.07, 6.45) is -3.60. The lowest BCUT2D eigenvalue weighted by Crippen LogP contribution is -2.39. The van der Waals surface area contributed by atoms with E-state index in [-0.39, 0.29) is 60.9 Å². The van der Waals surface area contributed by atoms with Crippen molar-refractivity contribution in [3.63, 3.8) is 0 Å². The Kier molecular flexibility index (Phi) is 12.0. The average molecular weight is 504 g/mol. The van der Waals surface area contributed by atoms with Gasteiger partial charge in [0.1, 0.15) is 5.82 Å². The lowest BCUT2D eigenvalue weighted by molar-refractivity contribution is -0.138. The Hall–Kier alpha value is -1.59. The van der Waals surface area contributed by atoms with Gasteiger partial charge in [0, 0.05) is 26.1 Å². The fraction of sp³-hybridized carbons (Fsp3) is 0.529. The first-order valence-corrected chi connectivity index (χ1v) is 8.42. The number of nitrogens with one attached hydrogen (secondary N) is 3. The first kappa shape index (κ1) is 25.4. The summed E-state index contributed by atoms with van der Waals surface area (Å²) in [5.74, 6) is -0.783. The second kappa shape index (κ2) is 12.7. The topological polar surface area (TPSA) is 65.5 Å². The standard InChI is InChI=1S/C17H24F4N4O.HI/c1-3-8-23-15(26)7-9-24-16(22-4-2)25-11-12-5-6-13(18)10-14(12)17(19,20)21;/h5-6,10H,3-4,7-9,11H2,1-2H3,(H,23,26)(H2,22,24,25);1H. The van der Waals surface area contributed by atoms with Gasteiger partial charge in [-0.1, -0.05) is 13.0 Å². The molecule has 0 heterocycles. The van der Waals surface area contributed by atoms with E-state index in [0.29, 0.717) is 19.2 Å². The van der Waals surface area contributed by atoms with Crippen LogP contribution in [0.1, 0.15) is 37.8 Å². The average Bonchev–Trinajstić information content (AvgIpc) is 2.57. The Balaban J connectivity index is 0.00000676. The molecule has 0 atom stereocenters. The zero-order chi connectivity index (χ0) is 19.6. The first-order valence-electron chi connectivity index (χ1n) is 8.42. The third kappa shape index (κ3) is 9.78. The van der Waals surface area contributed by atoms with Crippen molar-refractivity contribution < 1.29 is 22.4 Å². The summed E-state index contributed by atoms with van der Waals surface area (Å²) < 4.78 is 52.1. The number of hydrogen-bond acceptors (Lipinski definition) is 2. The van der Waals surface area contributed by atoms with Crippen LogP contribution in [-0.2, 0) is 17.5 Å². The van der Waals surface area contributed by atoms with Gasteiger partial charge >= 0.3 is 6.18 Å². The van der Waals surface area contributed by atoms with E-state index in [4.69, 9.17) is 0 Å². The fourth-order valence-corrected chi connectivity index (χ4v) is 2.10. The van der Waals surface area contributed by atoms with Crippen LogP contribution in [0.25, 0.3) is 0 Å². The van der Waals surface area contributed by atoms with E-state index < -0.39 is 17.6 Å². The molecular weight excluding hydrogens is 479 g/mol. The summed E-state index contributed by atoms with van der Waals surface area (Å²) >= 11 is 0. The van der Waals surface area contributed by atoms with Crippen LogP contribution in [0.5, 0.6) is 0 Å². The number of rotatable bonds is 8. The number of carbonyl (C=O) groups is 1. The lowest BCUT2D eigenvalue weighted by atomic mass is 10.1. The van der Waals surface area contributed by atoms with Gasteiger partial charge in [0.15, 0.2) is 5.96 Å². The number of alkyl halides is 3. The van der Waals surface area contributed by atoms with Crippen LogP contribution in [0.2, 0.25) is 0 Å². The zero-order valence-corrected chi connectivity index (χ0v) is 17.6. The Morgan fingerprint density at radius 2 is 1.81 bits per heavy atom. The van der Waals surface area contributed by atoms with Gasteiger partial charge in [-0.25, -0.2) is 9.38 Å². The molecule has 0 aliphatic carbocycles. The highest BCUT2D eigenvalue weighted by Gasteiger charge is 2.33. The molecule has 0 spiro atoms. The van der Waals surface area contributed by atoms with Gasteiger partial charge in [-0.15, -0.1) is 24.0 Å². The maximum absolute atomic E-state index is 13.1. The van der Waals surface area contributed by atoms with Crippen molar-refractivity contribution >= 4 is 35.8 Å². The van der Waals surface area contributed by atoms with Crippen molar-refractivity contribution in [3.8, 4) is 0 Å². The minimum absolute atomic E-state index is 0. The minimum atomic E-state index is -4.66. The SMILES string of the molecule is CCCNC(=O)CCNC(=NCc1ccc(F)cc1C(F)(F)F)NCC.I. The van der Waals surface area contributed by atoms with E-state index in [0.717, 1.165) is 18.6 Å². The Morgan fingerprint density at radius 1 is 1.11 bits per heavy atom. The van der Waals surface area contributed by atoms with E-state index in [1.54, 1.807) is 0 Å². The predicted molar refractivity (Wildman–Crippen MR) is 108 cm³/mol. The molecule has 0 bridgehead atoms. The van der Waals surface area contributed by atoms with Gasteiger partial charge in [-0.2, -0.15) is 13.2 Å². The van der Waals surface area contributed by atoms with Crippen molar-refractivity contribution in [2.45, 2.75) is 39.4 Å². The quantitative estimate of drug-likeness (QED) is 0.220. The largest absolute Gasteiger partial charge is 0.416 e. The van der Waals surface area contributed by atoms with E-state index in [1.807, 2.05) is 13.8 Å². The van der Waals surface area contributed by atoms with Crippen LogP contribution in [0.15, 0.2) is 23.2 Å². The number of aliphatic imine (C=N–C) groups is 1. The van der Waals surface area contributed by atoms with E-state index >= 15 is 0 Å². The van der Waals surface area contributed by atoms with E-state index in [9.17, 15) is 22.4 Å². The summed E-state index contributed by atoms with van der Waals surface area (Å²) in [6.45, 7) is 4.87. The second-order valence-corrected chi connectivity index (χ2v) is 5.52. The predicted octanol–water partition coefficient (Wildman–Crippen LogP) is 3.43. The second-order valence-electron chi connectivity index (χ2n) is 5.52. The van der Waals surface area contributed by atoms with Crippen LogP contribution >= 0.6 is 24.0 Å². The van der Waals surface area contributed by atoms with Crippen molar-refractivity contribution in [2.75, 3.05) is 19.6 Å². The van der Waals surface area contributed by atoms with Gasteiger partial charge < -0.3 is 16.0 Å². The molecule has 0 aliphatic rings. The van der Waals surface area contributed by atoms with E-state index in [2.05, 4.69) is 20.9 Å². The maximum Gasteiger partial charge on any atom is 0.416 e. The molecule has 0 radical (unpaired) electrons. The molecule has 0 saturated heterocycles. The molecule has 1 amide bonds. The molecule has 1 rings (SSSR count). The Labute approximate surface area is 173 Å². The summed E-state index contributed by atoms with van der Waals surface area (Å²) in [6, 6.07) is 2.51. The van der Waals surface area contributed by atoms with Gasteiger partial charge in [0.2, 0.25) is 5.91 Å². The number of benzene rings is 1. The maximum atomic E-state index is 13.1. The van der Waals surface area contributed by atoms with Crippen LogP contribution in [0.4, 0.5) is 17.6 Å². The molecule has 1 aromatic rings. The van der Waals surface area contributed by atoms with Crippen molar-refractivity contribution in [3.05, 3.63) is 35.1 Å². The lowest BCUT2D eigenvalue weighted by Gasteiger charge is -2.14. The van der Waals surface area contributed by atoms with Gasteiger partial charge in [-0.3, -0.25) is 4.79 Å². The highest BCUT2D eigenvalue weighted by molar-refractivity contribution is 14.0. The van der Waals surface area contributed by atoms with E-state index in [1.165, 1.54) is 0 Å². The van der Waals surface area contributed by atoms with Crippen molar-refractivity contribution in [2.24, 2.45) is 4.99 Å². The fourth-order valence-electron chi connectivity index (χ4n) is 2.10. The molecule has 1 aromatic carbocycles. The molecule has 0 saturated carbocycles. The molecule has 5 nitrogen and oxygen atoms in total. The van der Waals surface area contributed by atoms with Crippen molar-refractivity contribution in [1.29, 1.82) is 0 Å². The first-order chi connectivity index (χ1) is 12.3. The number of hydrogen-bond donors (Lipinski definition) is 3. The molecule has 0 unspecified atom stereocenters. The summed E-state index contributed by atoms with van der Waals surface area (Å²) in [7, 11) is 0. The van der Waals surface area contributed by atoms with Crippen LogP contribution in [0, 0.1) is 5.82 Å². The molecule has 0 aromatic heterocycles. The Morgan fingerprint density at radius 3 is 2.41 bits per heavy atom. The zero-order valence-electron chi connectivity index (χ0n) is 15.3. The summed E-state index contributed by atoms with van der Waals surface area (Å²) in [4.78, 5) is 15.6. The van der Waals surface area contributed by atoms with Gasteiger partial charge in [0.05, 0.1) is 12.1 Å². The number of amides is 1. The number of halogens is 5. The minimum Gasteiger partial charge on any atom is -0.357 e. The smallest absolute Gasteiger partial charge is 0.357 e. The van der Waals surface area contributed by atoms with Gasteiger partial charge in [0.25, 0.3) is 0 Å². The Bertz CT molecular complexity index is 623. The molecule has 154 valence electrons. The number of nitrogens with zero attached hydrogens (tertiary/aromatic N) is 1. The summed E-state index contributed by atoms with van der Waals surface area (Å²) in [5.41, 5.74) is -1.17.